The van der Waals surface area contributed by atoms with Crippen LogP contribution in [-0.4, -0.2) is 29.1 Å². The molecule has 1 saturated heterocycles. The summed E-state index contributed by atoms with van der Waals surface area (Å²) in [4.78, 5) is 9.93. The SMILES string of the molecule is CCc1ncnc(N2CCC(C)C(N)C2)c1F. The predicted molar refractivity (Wildman–Crippen MR) is 65.3 cm³/mol. The molecule has 0 spiro atoms. The number of anilines is 1. The Labute approximate surface area is 101 Å². The Morgan fingerprint density at radius 3 is 2.94 bits per heavy atom. The van der Waals surface area contributed by atoms with Crippen LogP contribution >= 0.6 is 0 Å². The summed E-state index contributed by atoms with van der Waals surface area (Å²) in [5, 5.41) is 0. The molecule has 0 saturated carbocycles. The summed E-state index contributed by atoms with van der Waals surface area (Å²) < 4.78 is 14.1. The van der Waals surface area contributed by atoms with E-state index >= 15 is 0 Å². The maximum atomic E-state index is 14.1. The lowest BCUT2D eigenvalue weighted by Crippen LogP contribution is -2.48. The topological polar surface area (TPSA) is 55.0 Å². The molecular weight excluding hydrogens is 219 g/mol. The monoisotopic (exact) mass is 238 g/mol. The Hall–Kier alpha value is -1.23. The van der Waals surface area contributed by atoms with Gasteiger partial charge in [0.1, 0.15) is 6.33 Å². The average molecular weight is 238 g/mol. The Balaban J connectivity index is 2.23. The highest BCUT2D eigenvalue weighted by Crippen LogP contribution is 2.24. The maximum absolute atomic E-state index is 14.1. The van der Waals surface area contributed by atoms with Gasteiger partial charge in [-0.3, -0.25) is 0 Å². The van der Waals surface area contributed by atoms with Gasteiger partial charge in [0.25, 0.3) is 0 Å². The minimum absolute atomic E-state index is 0.0863. The highest BCUT2D eigenvalue weighted by Gasteiger charge is 2.26. The van der Waals surface area contributed by atoms with Crippen LogP contribution in [0.5, 0.6) is 0 Å². The number of hydrogen-bond acceptors (Lipinski definition) is 4. The van der Waals surface area contributed by atoms with Crippen molar-refractivity contribution in [3.05, 3.63) is 17.8 Å². The van der Waals surface area contributed by atoms with E-state index in [0.29, 0.717) is 30.4 Å². The third kappa shape index (κ3) is 2.39. The van der Waals surface area contributed by atoms with E-state index in [1.54, 1.807) is 0 Å². The van der Waals surface area contributed by atoms with Crippen LogP contribution in [-0.2, 0) is 6.42 Å². The normalized spacial score (nSPS) is 25.1. The van der Waals surface area contributed by atoms with Crippen molar-refractivity contribution in [2.24, 2.45) is 11.7 Å². The quantitative estimate of drug-likeness (QED) is 0.845. The molecule has 0 bridgehead atoms. The molecule has 17 heavy (non-hydrogen) atoms. The lowest BCUT2D eigenvalue weighted by Gasteiger charge is -2.35. The lowest BCUT2D eigenvalue weighted by atomic mass is 9.94. The number of nitrogens with two attached hydrogens (primary N) is 1. The Morgan fingerprint density at radius 2 is 2.29 bits per heavy atom. The number of aryl methyl sites for hydroxylation is 1. The van der Waals surface area contributed by atoms with Crippen LogP contribution in [0, 0.1) is 11.7 Å². The molecule has 5 heteroatoms. The van der Waals surface area contributed by atoms with Gasteiger partial charge in [-0.15, -0.1) is 0 Å². The van der Waals surface area contributed by atoms with Crippen molar-refractivity contribution in [3.63, 3.8) is 0 Å². The van der Waals surface area contributed by atoms with Gasteiger partial charge in [-0.25, -0.2) is 14.4 Å². The Kier molecular flexibility index (Phi) is 3.57. The molecule has 0 aromatic carbocycles. The summed E-state index contributed by atoms with van der Waals surface area (Å²) in [5.74, 6) is 0.595. The third-order valence-electron chi connectivity index (χ3n) is 3.49. The van der Waals surface area contributed by atoms with Crippen molar-refractivity contribution >= 4 is 5.82 Å². The first-order valence-electron chi connectivity index (χ1n) is 6.13. The first-order valence-corrected chi connectivity index (χ1v) is 6.13. The molecule has 1 aromatic heterocycles. The van der Waals surface area contributed by atoms with E-state index in [1.807, 2.05) is 11.8 Å². The first kappa shape index (κ1) is 12.2. The summed E-state index contributed by atoms with van der Waals surface area (Å²) in [6.45, 7) is 5.50. The van der Waals surface area contributed by atoms with Crippen molar-refractivity contribution in [1.29, 1.82) is 0 Å². The van der Waals surface area contributed by atoms with Gasteiger partial charge in [-0.1, -0.05) is 13.8 Å². The van der Waals surface area contributed by atoms with Gasteiger partial charge < -0.3 is 10.6 Å². The van der Waals surface area contributed by atoms with Gasteiger partial charge >= 0.3 is 0 Å². The van der Waals surface area contributed by atoms with E-state index in [1.165, 1.54) is 6.33 Å². The fraction of sp³-hybridized carbons (Fsp3) is 0.667. The molecule has 2 N–H and O–H groups in total. The number of piperidine rings is 1. The van der Waals surface area contributed by atoms with E-state index in [9.17, 15) is 4.39 Å². The average Bonchev–Trinajstić information content (AvgIpc) is 2.33. The first-order chi connectivity index (χ1) is 8.13. The van der Waals surface area contributed by atoms with Gasteiger partial charge in [0.15, 0.2) is 11.6 Å². The number of halogens is 1. The highest BCUT2D eigenvalue weighted by molar-refractivity contribution is 5.41. The van der Waals surface area contributed by atoms with Crippen LogP contribution in [0.3, 0.4) is 0 Å². The summed E-state index contributed by atoms with van der Waals surface area (Å²) in [6.07, 6.45) is 2.99. The van der Waals surface area contributed by atoms with E-state index < -0.39 is 0 Å². The molecule has 4 nitrogen and oxygen atoms in total. The van der Waals surface area contributed by atoms with Crippen LogP contribution in [0.1, 0.15) is 26.0 Å². The summed E-state index contributed by atoms with van der Waals surface area (Å²) in [5.41, 5.74) is 6.49. The number of hydrogen-bond donors (Lipinski definition) is 1. The molecule has 94 valence electrons. The molecular formula is C12H19FN4. The molecule has 1 aromatic rings. The van der Waals surface area contributed by atoms with Crippen LogP contribution in [0.2, 0.25) is 0 Å². The molecule has 1 aliphatic heterocycles. The summed E-state index contributed by atoms with van der Waals surface area (Å²) >= 11 is 0. The molecule has 1 aliphatic rings. The molecule has 2 heterocycles. The summed E-state index contributed by atoms with van der Waals surface area (Å²) in [7, 11) is 0. The summed E-state index contributed by atoms with van der Waals surface area (Å²) in [6, 6.07) is 0.0863. The molecule has 0 radical (unpaired) electrons. The highest BCUT2D eigenvalue weighted by atomic mass is 19.1. The molecule has 2 rings (SSSR count). The standard InChI is InChI=1S/C12H19FN4/c1-3-10-11(13)12(16-7-15-10)17-5-4-8(2)9(14)6-17/h7-9H,3-6,14H2,1-2H3. The van der Waals surface area contributed by atoms with Crippen molar-refractivity contribution in [2.75, 3.05) is 18.0 Å². The second-order valence-electron chi connectivity index (χ2n) is 4.69. The zero-order valence-electron chi connectivity index (χ0n) is 10.4. The zero-order valence-corrected chi connectivity index (χ0v) is 10.4. The number of nitrogens with zero attached hydrogens (tertiary/aromatic N) is 3. The predicted octanol–water partition coefficient (Wildman–Crippen LogP) is 1.35. The van der Waals surface area contributed by atoms with Crippen LogP contribution in [0.15, 0.2) is 6.33 Å². The van der Waals surface area contributed by atoms with Gasteiger partial charge in [0, 0.05) is 19.1 Å². The minimum Gasteiger partial charge on any atom is -0.353 e. The van der Waals surface area contributed by atoms with Gasteiger partial charge in [0.05, 0.1) is 5.69 Å². The Morgan fingerprint density at radius 1 is 1.53 bits per heavy atom. The van der Waals surface area contributed by atoms with E-state index in [-0.39, 0.29) is 11.9 Å². The van der Waals surface area contributed by atoms with Crippen LogP contribution in [0.25, 0.3) is 0 Å². The number of aromatic nitrogens is 2. The van der Waals surface area contributed by atoms with Gasteiger partial charge in [-0.2, -0.15) is 0 Å². The molecule has 2 atom stereocenters. The van der Waals surface area contributed by atoms with E-state index in [2.05, 4.69) is 16.9 Å². The zero-order chi connectivity index (χ0) is 12.4. The largest absolute Gasteiger partial charge is 0.353 e. The van der Waals surface area contributed by atoms with Gasteiger partial charge in [-0.05, 0) is 18.8 Å². The van der Waals surface area contributed by atoms with Crippen molar-refractivity contribution in [2.45, 2.75) is 32.7 Å². The van der Waals surface area contributed by atoms with E-state index in [0.717, 1.165) is 13.0 Å². The van der Waals surface area contributed by atoms with Crippen molar-refractivity contribution in [3.8, 4) is 0 Å². The maximum Gasteiger partial charge on any atom is 0.187 e. The fourth-order valence-corrected chi connectivity index (χ4v) is 2.15. The minimum atomic E-state index is -0.295. The smallest absolute Gasteiger partial charge is 0.187 e. The second-order valence-corrected chi connectivity index (χ2v) is 4.69. The van der Waals surface area contributed by atoms with Crippen molar-refractivity contribution < 1.29 is 4.39 Å². The third-order valence-corrected chi connectivity index (χ3v) is 3.49. The molecule has 0 amide bonds. The molecule has 2 unspecified atom stereocenters. The second kappa shape index (κ2) is 4.96. The van der Waals surface area contributed by atoms with Crippen molar-refractivity contribution in [1.82, 2.24) is 9.97 Å². The molecule has 0 aliphatic carbocycles. The van der Waals surface area contributed by atoms with Gasteiger partial charge in [0.2, 0.25) is 0 Å². The molecule has 1 fully saturated rings. The lowest BCUT2D eigenvalue weighted by molar-refractivity contribution is 0.375. The Bertz CT molecular complexity index is 396. The number of rotatable bonds is 2. The van der Waals surface area contributed by atoms with E-state index in [4.69, 9.17) is 5.73 Å². The fourth-order valence-electron chi connectivity index (χ4n) is 2.15. The van der Waals surface area contributed by atoms with Crippen LogP contribution < -0.4 is 10.6 Å². The van der Waals surface area contributed by atoms with Crippen LogP contribution in [0.4, 0.5) is 10.2 Å².